The van der Waals surface area contributed by atoms with E-state index in [2.05, 4.69) is 4.90 Å². The maximum Gasteiger partial charge on any atom is 0.268 e. The summed E-state index contributed by atoms with van der Waals surface area (Å²) in [4.78, 5) is 31.0. The standard InChI is InChI=1S/C22H23ClFN3O3/c1-15-22(29)27(19-4-2-3-5-20(19)30-15)14-21(28)26-10-8-25(9-11-26)13-16-6-7-17(24)12-18(16)23/h2-7,12,15H,8-11,13-14H2,1H3. The molecule has 4 rings (SSSR count). The molecule has 2 heterocycles. The second-order valence-electron chi connectivity index (χ2n) is 7.54. The van der Waals surface area contributed by atoms with Gasteiger partial charge in [0.25, 0.3) is 5.91 Å². The first kappa shape index (κ1) is 20.6. The van der Waals surface area contributed by atoms with Crippen molar-refractivity contribution in [3.05, 3.63) is 58.9 Å². The number of para-hydroxylation sites is 2. The number of nitrogens with zero attached hydrogens (tertiary/aromatic N) is 3. The van der Waals surface area contributed by atoms with Gasteiger partial charge in [-0.2, -0.15) is 0 Å². The number of benzene rings is 2. The summed E-state index contributed by atoms with van der Waals surface area (Å²) in [6, 6.07) is 11.7. The van der Waals surface area contributed by atoms with Crippen molar-refractivity contribution < 1.29 is 18.7 Å². The van der Waals surface area contributed by atoms with E-state index >= 15 is 0 Å². The fraction of sp³-hybridized carbons (Fsp3) is 0.364. The van der Waals surface area contributed by atoms with Crippen LogP contribution < -0.4 is 9.64 Å². The van der Waals surface area contributed by atoms with Crippen LogP contribution in [0.15, 0.2) is 42.5 Å². The monoisotopic (exact) mass is 431 g/mol. The van der Waals surface area contributed by atoms with Gasteiger partial charge < -0.3 is 9.64 Å². The molecule has 30 heavy (non-hydrogen) atoms. The average molecular weight is 432 g/mol. The lowest BCUT2D eigenvalue weighted by molar-refractivity contribution is -0.134. The van der Waals surface area contributed by atoms with Crippen molar-refractivity contribution in [1.82, 2.24) is 9.80 Å². The highest BCUT2D eigenvalue weighted by molar-refractivity contribution is 6.31. The number of rotatable bonds is 4. The second-order valence-corrected chi connectivity index (χ2v) is 7.95. The van der Waals surface area contributed by atoms with Crippen LogP contribution in [-0.4, -0.2) is 60.4 Å². The second kappa shape index (κ2) is 8.62. The van der Waals surface area contributed by atoms with Crippen LogP contribution in [0.5, 0.6) is 5.75 Å². The number of fused-ring (bicyclic) bond motifs is 1. The number of hydrogen-bond acceptors (Lipinski definition) is 4. The SMILES string of the molecule is CC1Oc2ccccc2N(CC(=O)N2CCN(Cc3ccc(F)cc3Cl)CC2)C1=O. The Hall–Kier alpha value is -2.64. The number of halogens is 2. The van der Waals surface area contributed by atoms with Gasteiger partial charge >= 0.3 is 0 Å². The molecule has 1 saturated heterocycles. The minimum atomic E-state index is -0.620. The van der Waals surface area contributed by atoms with E-state index in [1.807, 2.05) is 12.1 Å². The zero-order valence-corrected chi connectivity index (χ0v) is 17.4. The summed E-state index contributed by atoms with van der Waals surface area (Å²) in [5.74, 6) is -0.0514. The fourth-order valence-electron chi connectivity index (χ4n) is 3.80. The third kappa shape index (κ3) is 4.27. The predicted octanol–water partition coefficient (Wildman–Crippen LogP) is 2.94. The minimum Gasteiger partial charge on any atom is -0.479 e. The lowest BCUT2D eigenvalue weighted by atomic mass is 10.1. The van der Waals surface area contributed by atoms with Crippen molar-refractivity contribution in [2.45, 2.75) is 19.6 Å². The Morgan fingerprint density at radius 3 is 2.63 bits per heavy atom. The largest absolute Gasteiger partial charge is 0.479 e. The Bertz CT molecular complexity index is 962. The van der Waals surface area contributed by atoms with Crippen LogP contribution in [0.1, 0.15) is 12.5 Å². The van der Waals surface area contributed by atoms with E-state index in [9.17, 15) is 14.0 Å². The summed E-state index contributed by atoms with van der Waals surface area (Å²) in [5, 5.41) is 0.409. The highest BCUT2D eigenvalue weighted by Crippen LogP contribution is 2.33. The number of hydrogen-bond donors (Lipinski definition) is 0. The van der Waals surface area contributed by atoms with E-state index < -0.39 is 6.10 Å². The third-order valence-corrected chi connectivity index (χ3v) is 5.85. The molecule has 1 unspecified atom stereocenters. The van der Waals surface area contributed by atoms with Gasteiger partial charge in [-0.15, -0.1) is 0 Å². The van der Waals surface area contributed by atoms with Crippen molar-refractivity contribution in [2.75, 3.05) is 37.6 Å². The molecule has 8 heteroatoms. The summed E-state index contributed by atoms with van der Waals surface area (Å²) in [7, 11) is 0. The molecule has 2 aromatic rings. The molecular formula is C22H23ClFN3O3. The van der Waals surface area contributed by atoms with Gasteiger partial charge in [-0.1, -0.05) is 29.8 Å². The normalized spacial score (nSPS) is 19.4. The summed E-state index contributed by atoms with van der Waals surface area (Å²) in [6.07, 6.45) is -0.620. The molecule has 0 spiro atoms. The van der Waals surface area contributed by atoms with E-state index in [0.29, 0.717) is 49.2 Å². The Labute approximate surface area is 179 Å². The summed E-state index contributed by atoms with van der Waals surface area (Å²) >= 11 is 6.12. The molecule has 0 aliphatic carbocycles. The smallest absolute Gasteiger partial charge is 0.268 e. The number of ether oxygens (including phenoxy) is 1. The van der Waals surface area contributed by atoms with E-state index in [1.165, 1.54) is 17.0 Å². The highest BCUT2D eigenvalue weighted by atomic mass is 35.5. The minimum absolute atomic E-state index is 0.00661. The molecule has 1 fully saturated rings. The molecule has 2 aliphatic rings. The van der Waals surface area contributed by atoms with Crippen LogP contribution in [0, 0.1) is 5.82 Å². The quantitative estimate of drug-likeness (QED) is 0.747. The first-order chi connectivity index (χ1) is 14.4. The van der Waals surface area contributed by atoms with Crippen LogP contribution in [0.25, 0.3) is 0 Å². The van der Waals surface area contributed by atoms with E-state index in [4.69, 9.17) is 16.3 Å². The third-order valence-electron chi connectivity index (χ3n) is 5.50. The molecule has 0 radical (unpaired) electrons. The van der Waals surface area contributed by atoms with Gasteiger partial charge in [-0.05, 0) is 36.8 Å². The number of piperazine rings is 1. The average Bonchev–Trinajstić information content (AvgIpc) is 2.74. The maximum atomic E-state index is 13.2. The molecule has 158 valence electrons. The van der Waals surface area contributed by atoms with E-state index in [-0.39, 0.29) is 24.2 Å². The molecule has 0 saturated carbocycles. The van der Waals surface area contributed by atoms with Crippen molar-refractivity contribution in [1.29, 1.82) is 0 Å². The Kier molecular flexibility index (Phi) is 5.92. The van der Waals surface area contributed by atoms with Crippen LogP contribution in [-0.2, 0) is 16.1 Å². The molecule has 1 atom stereocenters. The molecule has 2 aliphatic heterocycles. The molecule has 2 amide bonds. The van der Waals surface area contributed by atoms with Gasteiger partial charge in [0, 0.05) is 37.7 Å². The Morgan fingerprint density at radius 2 is 1.90 bits per heavy atom. The van der Waals surface area contributed by atoms with Gasteiger partial charge in [0.05, 0.1) is 5.69 Å². The zero-order chi connectivity index (χ0) is 21.3. The lowest BCUT2D eigenvalue weighted by Gasteiger charge is -2.37. The van der Waals surface area contributed by atoms with E-state index in [1.54, 1.807) is 30.0 Å². The molecular weight excluding hydrogens is 409 g/mol. The van der Waals surface area contributed by atoms with Crippen molar-refractivity contribution in [2.24, 2.45) is 0 Å². The molecule has 2 aromatic carbocycles. The first-order valence-corrected chi connectivity index (χ1v) is 10.3. The Balaban J connectivity index is 1.36. The van der Waals surface area contributed by atoms with Crippen LogP contribution in [0.3, 0.4) is 0 Å². The van der Waals surface area contributed by atoms with Crippen molar-refractivity contribution >= 4 is 29.1 Å². The highest BCUT2D eigenvalue weighted by Gasteiger charge is 2.34. The lowest BCUT2D eigenvalue weighted by Crippen LogP contribution is -2.53. The number of anilines is 1. The zero-order valence-electron chi connectivity index (χ0n) is 16.7. The van der Waals surface area contributed by atoms with Gasteiger partial charge in [-0.3, -0.25) is 19.4 Å². The summed E-state index contributed by atoms with van der Waals surface area (Å²) in [5.41, 5.74) is 1.49. The topological polar surface area (TPSA) is 53.1 Å². The van der Waals surface area contributed by atoms with Gasteiger partial charge in [0.15, 0.2) is 6.10 Å². The van der Waals surface area contributed by atoms with Crippen molar-refractivity contribution in [3.8, 4) is 5.75 Å². The number of carbonyl (C=O) groups excluding carboxylic acids is 2. The van der Waals surface area contributed by atoms with Gasteiger partial charge in [-0.25, -0.2) is 4.39 Å². The Morgan fingerprint density at radius 1 is 1.17 bits per heavy atom. The molecule has 0 aromatic heterocycles. The first-order valence-electron chi connectivity index (χ1n) is 9.93. The van der Waals surface area contributed by atoms with Gasteiger partial charge in [0.1, 0.15) is 18.1 Å². The summed E-state index contributed by atoms with van der Waals surface area (Å²) in [6.45, 7) is 4.78. The number of carbonyl (C=O) groups is 2. The predicted molar refractivity (Wildman–Crippen MR) is 112 cm³/mol. The van der Waals surface area contributed by atoms with Crippen LogP contribution in [0.2, 0.25) is 5.02 Å². The molecule has 0 bridgehead atoms. The van der Waals surface area contributed by atoms with E-state index in [0.717, 1.165) is 5.56 Å². The fourth-order valence-corrected chi connectivity index (χ4v) is 4.03. The van der Waals surface area contributed by atoms with Gasteiger partial charge in [0.2, 0.25) is 5.91 Å². The van der Waals surface area contributed by atoms with Crippen LogP contribution in [0.4, 0.5) is 10.1 Å². The molecule has 0 N–H and O–H groups in total. The number of amides is 2. The van der Waals surface area contributed by atoms with Crippen LogP contribution >= 0.6 is 11.6 Å². The summed E-state index contributed by atoms with van der Waals surface area (Å²) < 4.78 is 18.9. The molecule has 6 nitrogen and oxygen atoms in total. The maximum absolute atomic E-state index is 13.2. The van der Waals surface area contributed by atoms with Crippen molar-refractivity contribution in [3.63, 3.8) is 0 Å².